The van der Waals surface area contributed by atoms with Gasteiger partial charge in [0.25, 0.3) is 0 Å². The van der Waals surface area contributed by atoms with Crippen LogP contribution in [0.25, 0.3) is 6.08 Å². The van der Waals surface area contributed by atoms with Crippen LogP contribution in [-0.4, -0.2) is 22.5 Å². The van der Waals surface area contributed by atoms with Gasteiger partial charge < -0.3 is 10.2 Å². The number of aliphatic carboxylic acids is 1. The molecule has 0 saturated heterocycles. The van der Waals surface area contributed by atoms with Crippen molar-refractivity contribution in [1.29, 1.82) is 0 Å². The number of hydrogen-bond donors (Lipinski definition) is 2. The third-order valence-electron chi connectivity index (χ3n) is 1.82. The standard InChI is InChI=1S/C11H10O4/c12-7-9-8(3-1-5-10(9)13)4-2-6-11(14)15/h1-5,7,13H,6H2,(H,14,15). The number of aromatic hydroxyl groups is 1. The number of carbonyl (C=O) groups is 2. The zero-order valence-corrected chi connectivity index (χ0v) is 7.88. The molecule has 0 atom stereocenters. The first kappa shape index (κ1) is 11.0. The lowest BCUT2D eigenvalue weighted by molar-refractivity contribution is -0.135. The number of hydrogen-bond acceptors (Lipinski definition) is 3. The van der Waals surface area contributed by atoms with E-state index < -0.39 is 5.97 Å². The van der Waals surface area contributed by atoms with Gasteiger partial charge in [0.1, 0.15) is 5.75 Å². The van der Waals surface area contributed by atoms with E-state index in [9.17, 15) is 14.7 Å². The van der Waals surface area contributed by atoms with Crippen molar-refractivity contribution in [3.63, 3.8) is 0 Å². The van der Waals surface area contributed by atoms with E-state index >= 15 is 0 Å². The van der Waals surface area contributed by atoms with Gasteiger partial charge in [0.2, 0.25) is 0 Å². The molecule has 0 radical (unpaired) electrons. The fourth-order valence-electron chi connectivity index (χ4n) is 1.13. The lowest BCUT2D eigenvalue weighted by atomic mass is 10.1. The fraction of sp³-hybridized carbons (Fsp3) is 0.0909. The molecule has 1 aromatic carbocycles. The second-order valence-corrected chi connectivity index (χ2v) is 2.90. The molecule has 0 bridgehead atoms. The number of carboxylic acids is 1. The lowest BCUT2D eigenvalue weighted by Crippen LogP contribution is -1.90. The summed E-state index contributed by atoms with van der Waals surface area (Å²) in [6, 6.07) is 4.61. The molecule has 0 amide bonds. The van der Waals surface area contributed by atoms with E-state index in [1.165, 1.54) is 18.2 Å². The SMILES string of the molecule is O=Cc1c(O)cccc1C=CCC(=O)O. The molecule has 0 aromatic heterocycles. The van der Waals surface area contributed by atoms with Crippen LogP contribution in [0.5, 0.6) is 5.75 Å². The third kappa shape index (κ3) is 2.95. The lowest BCUT2D eigenvalue weighted by Gasteiger charge is -2.00. The average Bonchev–Trinajstić information content (AvgIpc) is 2.17. The van der Waals surface area contributed by atoms with E-state index in [1.54, 1.807) is 12.1 Å². The monoisotopic (exact) mass is 206 g/mol. The second-order valence-electron chi connectivity index (χ2n) is 2.90. The Bertz CT molecular complexity index is 407. The van der Waals surface area contributed by atoms with Crippen molar-refractivity contribution in [1.82, 2.24) is 0 Å². The smallest absolute Gasteiger partial charge is 0.307 e. The highest BCUT2D eigenvalue weighted by Crippen LogP contribution is 2.19. The van der Waals surface area contributed by atoms with Gasteiger partial charge in [-0.1, -0.05) is 24.3 Å². The van der Waals surface area contributed by atoms with Crippen LogP contribution in [0.4, 0.5) is 0 Å². The number of phenols is 1. The van der Waals surface area contributed by atoms with Gasteiger partial charge in [0.05, 0.1) is 12.0 Å². The quantitative estimate of drug-likeness (QED) is 0.735. The van der Waals surface area contributed by atoms with E-state index in [0.29, 0.717) is 11.8 Å². The first-order chi connectivity index (χ1) is 7.15. The summed E-state index contributed by atoms with van der Waals surface area (Å²) in [4.78, 5) is 20.9. The third-order valence-corrected chi connectivity index (χ3v) is 1.82. The van der Waals surface area contributed by atoms with Crippen LogP contribution in [0, 0.1) is 0 Å². The molecule has 0 aliphatic rings. The largest absolute Gasteiger partial charge is 0.507 e. The molecule has 4 nitrogen and oxygen atoms in total. The Morgan fingerprint density at radius 3 is 2.73 bits per heavy atom. The maximum Gasteiger partial charge on any atom is 0.307 e. The van der Waals surface area contributed by atoms with E-state index in [1.807, 2.05) is 0 Å². The van der Waals surface area contributed by atoms with Crippen molar-refractivity contribution in [2.75, 3.05) is 0 Å². The Labute approximate surface area is 86.5 Å². The summed E-state index contributed by atoms with van der Waals surface area (Å²) in [6.07, 6.45) is 3.34. The molecule has 15 heavy (non-hydrogen) atoms. The number of carbonyl (C=O) groups excluding carboxylic acids is 1. The first-order valence-electron chi connectivity index (χ1n) is 4.30. The normalized spacial score (nSPS) is 10.4. The predicted molar refractivity (Wildman–Crippen MR) is 54.8 cm³/mol. The van der Waals surface area contributed by atoms with Crippen molar-refractivity contribution in [2.24, 2.45) is 0 Å². The maximum atomic E-state index is 10.6. The van der Waals surface area contributed by atoms with Crippen LogP contribution >= 0.6 is 0 Å². The molecule has 1 aromatic rings. The van der Waals surface area contributed by atoms with Crippen LogP contribution in [0.3, 0.4) is 0 Å². The first-order valence-corrected chi connectivity index (χ1v) is 4.30. The van der Waals surface area contributed by atoms with E-state index in [4.69, 9.17) is 5.11 Å². The van der Waals surface area contributed by atoms with Gasteiger partial charge in [0.15, 0.2) is 6.29 Å². The molecule has 0 aliphatic carbocycles. The topological polar surface area (TPSA) is 74.6 Å². The highest BCUT2D eigenvalue weighted by Gasteiger charge is 2.03. The molecule has 78 valence electrons. The minimum absolute atomic E-state index is 0.109. The summed E-state index contributed by atoms with van der Waals surface area (Å²) in [6.45, 7) is 0. The van der Waals surface area contributed by atoms with Crippen molar-refractivity contribution in [3.05, 3.63) is 35.4 Å². The molecule has 1 rings (SSSR count). The zero-order chi connectivity index (χ0) is 11.3. The molecule has 4 heteroatoms. The van der Waals surface area contributed by atoms with Gasteiger partial charge in [-0.2, -0.15) is 0 Å². The Hall–Kier alpha value is -2.10. The predicted octanol–water partition coefficient (Wildman–Crippen LogP) is 1.69. The molecule has 0 aliphatic heterocycles. The van der Waals surface area contributed by atoms with Crippen molar-refractivity contribution >= 4 is 18.3 Å². The van der Waals surface area contributed by atoms with Crippen LogP contribution < -0.4 is 0 Å². The minimum Gasteiger partial charge on any atom is -0.507 e. The van der Waals surface area contributed by atoms with Gasteiger partial charge in [0, 0.05) is 0 Å². The van der Waals surface area contributed by atoms with E-state index in [-0.39, 0.29) is 17.7 Å². The average molecular weight is 206 g/mol. The Morgan fingerprint density at radius 1 is 1.40 bits per heavy atom. The summed E-state index contributed by atoms with van der Waals surface area (Å²) >= 11 is 0. The van der Waals surface area contributed by atoms with Gasteiger partial charge in [-0.15, -0.1) is 0 Å². The summed E-state index contributed by atoms with van der Waals surface area (Å²) in [5.74, 6) is -1.05. The number of carboxylic acid groups (broad SMARTS) is 1. The van der Waals surface area contributed by atoms with Crippen LogP contribution in [0.15, 0.2) is 24.3 Å². The summed E-state index contributed by atoms with van der Waals surface area (Å²) < 4.78 is 0. The number of benzene rings is 1. The van der Waals surface area contributed by atoms with Crippen molar-refractivity contribution < 1.29 is 19.8 Å². The number of aldehydes is 1. The molecular weight excluding hydrogens is 196 g/mol. The van der Waals surface area contributed by atoms with Gasteiger partial charge >= 0.3 is 5.97 Å². The molecule has 0 heterocycles. The van der Waals surface area contributed by atoms with Crippen LogP contribution in [0.1, 0.15) is 22.3 Å². The summed E-state index contributed by atoms with van der Waals surface area (Å²) in [5, 5.41) is 17.7. The van der Waals surface area contributed by atoms with Gasteiger partial charge in [-0.3, -0.25) is 9.59 Å². The van der Waals surface area contributed by atoms with E-state index in [2.05, 4.69) is 0 Å². The Kier molecular flexibility index (Phi) is 3.62. The van der Waals surface area contributed by atoms with E-state index in [0.717, 1.165) is 0 Å². The molecule has 2 N–H and O–H groups in total. The zero-order valence-electron chi connectivity index (χ0n) is 7.88. The van der Waals surface area contributed by atoms with Gasteiger partial charge in [-0.05, 0) is 11.6 Å². The summed E-state index contributed by atoms with van der Waals surface area (Å²) in [5.41, 5.74) is 0.672. The summed E-state index contributed by atoms with van der Waals surface area (Å²) in [7, 11) is 0. The van der Waals surface area contributed by atoms with Crippen LogP contribution in [0.2, 0.25) is 0 Å². The molecule has 0 fully saturated rings. The number of phenolic OH excluding ortho intramolecular Hbond substituents is 1. The molecule has 0 unspecified atom stereocenters. The van der Waals surface area contributed by atoms with Crippen LogP contribution in [-0.2, 0) is 4.79 Å². The maximum absolute atomic E-state index is 10.6. The second kappa shape index (κ2) is 4.95. The molecule has 0 spiro atoms. The highest BCUT2D eigenvalue weighted by molar-refractivity contribution is 5.85. The molecule has 0 saturated carbocycles. The fourth-order valence-corrected chi connectivity index (χ4v) is 1.13. The Morgan fingerprint density at radius 2 is 2.13 bits per heavy atom. The minimum atomic E-state index is -0.945. The molecular formula is C11H10O4. The van der Waals surface area contributed by atoms with Crippen molar-refractivity contribution in [3.8, 4) is 5.75 Å². The van der Waals surface area contributed by atoms with Crippen molar-refractivity contribution in [2.45, 2.75) is 6.42 Å². The van der Waals surface area contributed by atoms with Gasteiger partial charge in [-0.25, -0.2) is 0 Å². The highest BCUT2D eigenvalue weighted by atomic mass is 16.4. The Balaban J connectivity index is 2.94. The number of rotatable bonds is 4.